The summed E-state index contributed by atoms with van der Waals surface area (Å²) >= 11 is 0. The van der Waals surface area contributed by atoms with Crippen molar-refractivity contribution in [1.82, 2.24) is 4.72 Å². The summed E-state index contributed by atoms with van der Waals surface area (Å²) in [6, 6.07) is -1.74. The quantitative estimate of drug-likeness (QED) is 0.151. The van der Waals surface area contributed by atoms with E-state index in [-0.39, 0.29) is 26.2 Å². The first-order valence-electron chi connectivity index (χ1n) is 6.22. The second kappa shape index (κ2) is 9.97. The lowest BCUT2D eigenvalue weighted by Gasteiger charge is -2.15. The van der Waals surface area contributed by atoms with Crippen molar-refractivity contribution < 1.29 is 27.5 Å². The molecule has 11 heteroatoms. The van der Waals surface area contributed by atoms with Crippen molar-refractivity contribution in [3.05, 3.63) is 10.4 Å². The van der Waals surface area contributed by atoms with Gasteiger partial charge < -0.3 is 9.47 Å². The summed E-state index contributed by atoms with van der Waals surface area (Å²) in [4.78, 5) is 25.7. The van der Waals surface area contributed by atoms with Gasteiger partial charge in [-0.15, -0.1) is 0 Å². The molecule has 0 amide bonds. The fraction of sp³-hybridized carbons (Fsp3) is 0.800. The maximum atomic E-state index is 11.8. The van der Waals surface area contributed by atoms with Crippen molar-refractivity contribution in [1.29, 1.82) is 0 Å². The van der Waals surface area contributed by atoms with Crippen LogP contribution in [0.4, 0.5) is 0 Å². The Balaban J connectivity index is 4.81. The molecule has 0 bridgehead atoms. The number of nitrogens with zero attached hydrogens (tertiary/aromatic N) is 3. The average molecular weight is 322 g/mol. The van der Waals surface area contributed by atoms with Gasteiger partial charge in [0.15, 0.2) is 0 Å². The zero-order valence-electron chi connectivity index (χ0n) is 11.8. The molecule has 0 rings (SSSR count). The van der Waals surface area contributed by atoms with Crippen LogP contribution in [-0.2, 0) is 29.1 Å². The molecule has 0 aliphatic rings. The number of hydrogen-bond donors (Lipinski definition) is 1. The molecular weight excluding hydrogens is 304 g/mol. The molecule has 0 atom stereocenters. The Morgan fingerprint density at radius 2 is 1.76 bits per heavy atom. The first kappa shape index (κ1) is 19.2. The lowest BCUT2D eigenvalue weighted by molar-refractivity contribution is -0.157. The first-order valence-corrected chi connectivity index (χ1v) is 7.87. The molecule has 120 valence electrons. The third-order valence-electron chi connectivity index (χ3n) is 2.08. The molecule has 0 heterocycles. The Kier molecular flexibility index (Phi) is 9.10. The maximum absolute atomic E-state index is 11.8. The lowest BCUT2D eigenvalue weighted by Crippen LogP contribution is -2.48. The third kappa shape index (κ3) is 8.12. The Morgan fingerprint density at radius 3 is 2.19 bits per heavy atom. The Hall–Kier alpha value is -1.84. The third-order valence-corrected chi connectivity index (χ3v) is 3.50. The van der Waals surface area contributed by atoms with Gasteiger partial charge in [-0.25, -0.2) is 18.0 Å². The second-order valence-electron chi connectivity index (χ2n) is 3.68. The van der Waals surface area contributed by atoms with Crippen LogP contribution in [0.25, 0.3) is 10.4 Å². The van der Waals surface area contributed by atoms with Crippen molar-refractivity contribution in [3.8, 4) is 0 Å². The van der Waals surface area contributed by atoms with Gasteiger partial charge in [-0.05, 0) is 25.8 Å². The fourth-order valence-corrected chi connectivity index (χ4v) is 2.43. The number of hydrogen-bond acceptors (Lipinski definition) is 7. The zero-order valence-corrected chi connectivity index (χ0v) is 12.6. The highest BCUT2D eigenvalue weighted by Crippen LogP contribution is 2.00. The summed E-state index contributed by atoms with van der Waals surface area (Å²) in [6.07, 6.45) is 0.0533. The Morgan fingerprint density at radius 1 is 1.24 bits per heavy atom. The fourth-order valence-electron chi connectivity index (χ4n) is 1.25. The maximum Gasteiger partial charge on any atom is 0.335 e. The van der Waals surface area contributed by atoms with Gasteiger partial charge in [-0.1, -0.05) is 5.11 Å². The number of sulfonamides is 1. The van der Waals surface area contributed by atoms with E-state index in [2.05, 4.69) is 19.5 Å². The SMILES string of the molecule is CCOC(=O)C(NS(=O)(=O)CCCN=[N+]=[N-])C(=O)OCC. The van der Waals surface area contributed by atoms with Crippen LogP contribution in [0.5, 0.6) is 0 Å². The van der Waals surface area contributed by atoms with Crippen molar-refractivity contribution >= 4 is 22.0 Å². The zero-order chi connectivity index (χ0) is 16.3. The topological polar surface area (TPSA) is 148 Å². The smallest absolute Gasteiger partial charge is 0.335 e. The van der Waals surface area contributed by atoms with Crippen LogP contribution >= 0.6 is 0 Å². The average Bonchev–Trinajstić information content (AvgIpc) is 2.41. The molecule has 0 saturated carbocycles. The number of azide groups is 1. The van der Waals surface area contributed by atoms with Gasteiger partial charge in [0.2, 0.25) is 16.1 Å². The number of rotatable bonds is 10. The lowest BCUT2D eigenvalue weighted by atomic mass is 10.3. The van der Waals surface area contributed by atoms with Crippen LogP contribution in [-0.4, -0.2) is 51.9 Å². The molecular formula is C10H18N4O6S. The van der Waals surface area contributed by atoms with E-state index in [1.54, 1.807) is 0 Å². The standard InChI is InChI=1S/C10H18N4O6S/c1-3-19-9(15)8(10(16)20-4-2)13-21(17,18)7-5-6-12-14-11/h8,13H,3-7H2,1-2H3. The normalized spacial score (nSPS) is 10.8. The molecule has 0 aromatic rings. The molecule has 0 radical (unpaired) electrons. The van der Waals surface area contributed by atoms with E-state index in [9.17, 15) is 18.0 Å². The number of carbonyl (C=O) groups is 2. The van der Waals surface area contributed by atoms with Gasteiger partial charge in [0.25, 0.3) is 0 Å². The van der Waals surface area contributed by atoms with Gasteiger partial charge >= 0.3 is 11.9 Å². The highest BCUT2D eigenvalue weighted by atomic mass is 32.2. The summed E-state index contributed by atoms with van der Waals surface area (Å²) in [5.41, 5.74) is 8.08. The summed E-state index contributed by atoms with van der Waals surface area (Å²) < 4.78 is 34.7. The molecule has 0 aromatic heterocycles. The van der Waals surface area contributed by atoms with Crippen LogP contribution in [0.3, 0.4) is 0 Å². The number of ether oxygens (including phenoxy) is 2. The first-order chi connectivity index (χ1) is 9.87. The summed E-state index contributed by atoms with van der Waals surface area (Å²) in [6.45, 7) is 3.02. The molecule has 0 saturated heterocycles. The molecule has 0 unspecified atom stereocenters. The molecule has 1 N–H and O–H groups in total. The van der Waals surface area contributed by atoms with E-state index in [1.165, 1.54) is 13.8 Å². The van der Waals surface area contributed by atoms with Gasteiger partial charge in [0.05, 0.1) is 19.0 Å². The van der Waals surface area contributed by atoms with Crippen molar-refractivity contribution in [2.45, 2.75) is 26.3 Å². The predicted octanol–water partition coefficient (Wildman–Crippen LogP) is 0.101. The number of nitrogens with one attached hydrogen (secondary N) is 1. The highest BCUT2D eigenvalue weighted by Gasteiger charge is 2.33. The minimum Gasteiger partial charge on any atom is -0.464 e. The summed E-state index contributed by atoms with van der Waals surface area (Å²) in [5.74, 6) is -2.47. The number of carbonyl (C=O) groups excluding carboxylic acids is 2. The monoisotopic (exact) mass is 322 g/mol. The van der Waals surface area contributed by atoms with Crippen LogP contribution in [0.15, 0.2) is 5.11 Å². The molecule has 0 aliphatic heterocycles. The van der Waals surface area contributed by atoms with E-state index in [0.29, 0.717) is 0 Å². The van der Waals surface area contributed by atoms with Crippen LogP contribution in [0.1, 0.15) is 20.3 Å². The van der Waals surface area contributed by atoms with E-state index < -0.39 is 33.8 Å². The summed E-state index contributed by atoms with van der Waals surface area (Å²) in [5, 5.41) is 3.19. The van der Waals surface area contributed by atoms with Crippen molar-refractivity contribution in [3.63, 3.8) is 0 Å². The predicted molar refractivity (Wildman–Crippen MR) is 72.6 cm³/mol. The Labute approximate surface area is 122 Å². The minimum absolute atomic E-state index is 0.00660. The summed E-state index contributed by atoms with van der Waals surface area (Å²) in [7, 11) is -3.92. The van der Waals surface area contributed by atoms with E-state index in [4.69, 9.17) is 5.53 Å². The molecule has 21 heavy (non-hydrogen) atoms. The largest absolute Gasteiger partial charge is 0.464 e. The molecule has 0 spiro atoms. The molecule has 0 fully saturated rings. The van der Waals surface area contributed by atoms with E-state index in [1.807, 2.05) is 4.72 Å². The van der Waals surface area contributed by atoms with Gasteiger partial charge in [-0.2, -0.15) is 4.72 Å². The van der Waals surface area contributed by atoms with E-state index >= 15 is 0 Å². The Bertz CT molecular complexity index is 482. The second-order valence-corrected chi connectivity index (χ2v) is 5.56. The van der Waals surface area contributed by atoms with Crippen LogP contribution in [0.2, 0.25) is 0 Å². The van der Waals surface area contributed by atoms with Crippen molar-refractivity contribution in [2.24, 2.45) is 5.11 Å². The highest BCUT2D eigenvalue weighted by molar-refractivity contribution is 7.89. The minimum atomic E-state index is -3.92. The molecule has 0 aromatic carbocycles. The molecule has 0 aliphatic carbocycles. The van der Waals surface area contributed by atoms with Gasteiger partial charge in [0, 0.05) is 11.5 Å². The molecule has 10 nitrogen and oxygen atoms in total. The van der Waals surface area contributed by atoms with Crippen LogP contribution in [0, 0.1) is 0 Å². The van der Waals surface area contributed by atoms with Gasteiger partial charge in [-0.3, -0.25) is 0 Å². The van der Waals surface area contributed by atoms with Gasteiger partial charge in [0.1, 0.15) is 0 Å². The number of esters is 2. The van der Waals surface area contributed by atoms with Crippen LogP contribution < -0.4 is 4.72 Å². The van der Waals surface area contributed by atoms with E-state index in [0.717, 1.165) is 0 Å². The van der Waals surface area contributed by atoms with Crippen molar-refractivity contribution in [2.75, 3.05) is 25.5 Å².